The predicted octanol–water partition coefficient (Wildman–Crippen LogP) is 3.06. The van der Waals surface area contributed by atoms with Crippen LogP contribution in [-0.2, 0) is 16.0 Å². The van der Waals surface area contributed by atoms with Gasteiger partial charge in [0.2, 0.25) is 0 Å². The standard InChI is InChI=1S/C15H19ClFNO2/c16-14-9-13(17)2-1-12(14)10-18-5-3-11(4-6-18)15-19-7-8-20-15/h1-2,9,11,15H,3-8,10H2. The lowest BCUT2D eigenvalue weighted by Gasteiger charge is -2.33. The molecule has 110 valence electrons. The third-order valence-electron chi connectivity index (χ3n) is 4.07. The molecule has 1 aromatic carbocycles. The second-order valence-corrected chi connectivity index (χ2v) is 5.87. The summed E-state index contributed by atoms with van der Waals surface area (Å²) in [5.41, 5.74) is 0.986. The molecule has 3 rings (SSSR count). The first-order chi connectivity index (χ1) is 9.72. The van der Waals surface area contributed by atoms with E-state index in [1.165, 1.54) is 12.1 Å². The Kier molecular flexibility index (Phi) is 4.56. The topological polar surface area (TPSA) is 21.7 Å². The molecule has 0 unspecified atom stereocenters. The Morgan fingerprint density at radius 3 is 2.55 bits per heavy atom. The Hall–Kier alpha value is -0.680. The van der Waals surface area contributed by atoms with E-state index in [0.717, 1.165) is 51.3 Å². The summed E-state index contributed by atoms with van der Waals surface area (Å²) in [6, 6.07) is 4.62. The van der Waals surface area contributed by atoms with Crippen molar-refractivity contribution in [3.05, 3.63) is 34.6 Å². The van der Waals surface area contributed by atoms with Crippen molar-refractivity contribution in [2.45, 2.75) is 25.7 Å². The van der Waals surface area contributed by atoms with Crippen LogP contribution >= 0.6 is 11.6 Å². The average molecular weight is 300 g/mol. The highest BCUT2D eigenvalue weighted by molar-refractivity contribution is 6.31. The molecule has 3 nitrogen and oxygen atoms in total. The lowest BCUT2D eigenvalue weighted by molar-refractivity contribution is -0.0977. The van der Waals surface area contributed by atoms with Crippen LogP contribution in [0.3, 0.4) is 0 Å². The van der Waals surface area contributed by atoms with Gasteiger partial charge in [-0.3, -0.25) is 4.90 Å². The molecule has 2 fully saturated rings. The van der Waals surface area contributed by atoms with Crippen molar-refractivity contribution >= 4 is 11.6 Å². The van der Waals surface area contributed by atoms with Gasteiger partial charge in [-0.15, -0.1) is 0 Å². The molecule has 2 heterocycles. The largest absolute Gasteiger partial charge is 0.350 e. The van der Waals surface area contributed by atoms with Crippen molar-refractivity contribution in [1.29, 1.82) is 0 Å². The van der Waals surface area contributed by atoms with Crippen LogP contribution in [0.15, 0.2) is 18.2 Å². The summed E-state index contributed by atoms with van der Waals surface area (Å²) >= 11 is 6.07. The van der Waals surface area contributed by atoms with Crippen LogP contribution in [0.2, 0.25) is 5.02 Å². The van der Waals surface area contributed by atoms with Gasteiger partial charge in [-0.2, -0.15) is 0 Å². The van der Waals surface area contributed by atoms with Gasteiger partial charge in [0.05, 0.1) is 13.2 Å². The second kappa shape index (κ2) is 6.39. The van der Waals surface area contributed by atoms with E-state index in [1.54, 1.807) is 6.07 Å². The molecular weight excluding hydrogens is 281 g/mol. The highest BCUT2D eigenvalue weighted by Crippen LogP contribution is 2.27. The molecular formula is C15H19ClFNO2. The highest BCUT2D eigenvalue weighted by Gasteiger charge is 2.30. The molecule has 0 bridgehead atoms. The van der Waals surface area contributed by atoms with Gasteiger partial charge in [0.15, 0.2) is 6.29 Å². The first kappa shape index (κ1) is 14.3. The van der Waals surface area contributed by atoms with Crippen LogP contribution in [-0.4, -0.2) is 37.5 Å². The molecule has 0 N–H and O–H groups in total. The molecule has 0 aromatic heterocycles. The molecule has 0 amide bonds. The number of benzene rings is 1. The summed E-state index contributed by atoms with van der Waals surface area (Å²) in [5, 5.41) is 0.509. The number of hydrogen-bond donors (Lipinski definition) is 0. The maximum atomic E-state index is 13.0. The Bertz CT molecular complexity index is 457. The maximum absolute atomic E-state index is 13.0. The summed E-state index contributed by atoms with van der Waals surface area (Å²) in [6.07, 6.45) is 2.14. The van der Waals surface area contributed by atoms with Crippen LogP contribution in [0.5, 0.6) is 0 Å². The van der Waals surface area contributed by atoms with Crippen molar-refractivity contribution in [1.82, 2.24) is 4.90 Å². The zero-order valence-corrected chi connectivity index (χ0v) is 12.1. The number of ether oxygens (including phenoxy) is 2. The summed E-state index contributed by atoms with van der Waals surface area (Å²) in [6.45, 7) is 4.22. The number of hydrogen-bond acceptors (Lipinski definition) is 3. The second-order valence-electron chi connectivity index (χ2n) is 5.46. The SMILES string of the molecule is Fc1ccc(CN2CCC(C3OCCO3)CC2)c(Cl)c1. The molecule has 2 aliphatic rings. The van der Waals surface area contributed by atoms with E-state index in [-0.39, 0.29) is 12.1 Å². The van der Waals surface area contributed by atoms with E-state index < -0.39 is 0 Å². The van der Waals surface area contributed by atoms with Crippen LogP contribution in [0.1, 0.15) is 18.4 Å². The Morgan fingerprint density at radius 1 is 1.20 bits per heavy atom. The smallest absolute Gasteiger partial charge is 0.160 e. The first-order valence-electron chi connectivity index (χ1n) is 7.12. The fourth-order valence-electron chi connectivity index (χ4n) is 2.92. The molecule has 2 saturated heterocycles. The zero-order chi connectivity index (χ0) is 13.9. The van der Waals surface area contributed by atoms with Gasteiger partial charge in [-0.1, -0.05) is 17.7 Å². The van der Waals surface area contributed by atoms with E-state index in [1.807, 2.05) is 0 Å². The van der Waals surface area contributed by atoms with Gasteiger partial charge in [-0.05, 0) is 43.6 Å². The van der Waals surface area contributed by atoms with E-state index in [2.05, 4.69) is 4.90 Å². The number of piperidine rings is 1. The predicted molar refractivity (Wildman–Crippen MR) is 75.1 cm³/mol. The van der Waals surface area contributed by atoms with Crippen molar-refractivity contribution in [3.8, 4) is 0 Å². The lowest BCUT2D eigenvalue weighted by atomic mass is 9.96. The molecule has 0 aliphatic carbocycles. The summed E-state index contributed by atoms with van der Waals surface area (Å²) in [5.74, 6) is 0.213. The van der Waals surface area contributed by atoms with Crippen molar-refractivity contribution in [3.63, 3.8) is 0 Å². The summed E-state index contributed by atoms with van der Waals surface area (Å²) < 4.78 is 24.2. The molecule has 0 saturated carbocycles. The van der Waals surface area contributed by atoms with Gasteiger partial charge in [0, 0.05) is 17.5 Å². The number of likely N-dealkylation sites (tertiary alicyclic amines) is 1. The number of rotatable bonds is 3. The van der Waals surface area contributed by atoms with Gasteiger partial charge < -0.3 is 9.47 Å². The van der Waals surface area contributed by atoms with E-state index in [9.17, 15) is 4.39 Å². The quantitative estimate of drug-likeness (QED) is 0.856. The molecule has 0 radical (unpaired) electrons. The maximum Gasteiger partial charge on any atom is 0.160 e. The highest BCUT2D eigenvalue weighted by atomic mass is 35.5. The third-order valence-corrected chi connectivity index (χ3v) is 4.43. The lowest BCUT2D eigenvalue weighted by Crippen LogP contribution is -2.37. The zero-order valence-electron chi connectivity index (χ0n) is 11.4. The van der Waals surface area contributed by atoms with Gasteiger partial charge >= 0.3 is 0 Å². The summed E-state index contributed by atoms with van der Waals surface area (Å²) in [7, 11) is 0. The minimum atomic E-state index is -0.284. The molecule has 1 aromatic rings. The van der Waals surface area contributed by atoms with Gasteiger partial charge in [0.1, 0.15) is 5.82 Å². The molecule has 2 aliphatic heterocycles. The normalized spacial score (nSPS) is 22.5. The Balaban J connectivity index is 1.53. The van der Waals surface area contributed by atoms with Crippen molar-refractivity contribution in [2.24, 2.45) is 5.92 Å². The van der Waals surface area contributed by atoms with Crippen molar-refractivity contribution < 1.29 is 13.9 Å². The van der Waals surface area contributed by atoms with E-state index in [4.69, 9.17) is 21.1 Å². The summed E-state index contributed by atoms with van der Waals surface area (Å²) in [4.78, 5) is 2.35. The van der Waals surface area contributed by atoms with Crippen LogP contribution < -0.4 is 0 Å². The third kappa shape index (κ3) is 3.31. The van der Waals surface area contributed by atoms with Crippen LogP contribution in [0.4, 0.5) is 4.39 Å². The fraction of sp³-hybridized carbons (Fsp3) is 0.600. The van der Waals surface area contributed by atoms with E-state index >= 15 is 0 Å². The fourth-order valence-corrected chi connectivity index (χ4v) is 3.15. The molecule has 5 heteroatoms. The monoisotopic (exact) mass is 299 g/mol. The molecule has 20 heavy (non-hydrogen) atoms. The van der Waals surface area contributed by atoms with Gasteiger partial charge in [-0.25, -0.2) is 4.39 Å². The number of nitrogens with zero attached hydrogens (tertiary/aromatic N) is 1. The van der Waals surface area contributed by atoms with Gasteiger partial charge in [0.25, 0.3) is 0 Å². The van der Waals surface area contributed by atoms with E-state index in [0.29, 0.717) is 10.9 Å². The number of halogens is 2. The minimum Gasteiger partial charge on any atom is -0.350 e. The minimum absolute atomic E-state index is 0.00782. The van der Waals surface area contributed by atoms with Crippen molar-refractivity contribution in [2.75, 3.05) is 26.3 Å². The Labute approximate surface area is 123 Å². The van der Waals surface area contributed by atoms with Crippen LogP contribution in [0.25, 0.3) is 0 Å². The average Bonchev–Trinajstić information content (AvgIpc) is 2.97. The molecule has 0 atom stereocenters. The Morgan fingerprint density at radius 2 is 1.90 bits per heavy atom. The molecule has 0 spiro atoms. The van der Waals surface area contributed by atoms with Crippen LogP contribution in [0, 0.1) is 11.7 Å². The first-order valence-corrected chi connectivity index (χ1v) is 7.49.